The number of hydrogen-bond acceptors (Lipinski definition) is 7. The lowest BCUT2D eigenvalue weighted by Gasteiger charge is -2.29. The van der Waals surface area contributed by atoms with E-state index in [1.165, 1.54) is 0 Å². The number of nitrogens with zero attached hydrogens (tertiary/aromatic N) is 2. The van der Waals surface area contributed by atoms with E-state index in [1.54, 1.807) is 17.0 Å². The van der Waals surface area contributed by atoms with E-state index in [4.69, 9.17) is 14.2 Å². The van der Waals surface area contributed by atoms with Gasteiger partial charge in [-0.3, -0.25) is 19.3 Å². The molecular weight excluding hydrogens is 448 g/mol. The normalized spacial score (nSPS) is 20.7. The van der Waals surface area contributed by atoms with Gasteiger partial charge in [-0.15, -0.1) is 0 Å². The molecule has 0 aromatic heterocycles. The van der Waals surface area contributed by atoms with E-state index in [0.29, 0.717) is 43.9 Å². The molecule has 2 heterocycles. The van der Waals surface area contributed by atoms with Crippen molar-refractivity contribution in [3.8, 4) is 11.5 Å². The molecule has 8 nitrogen and oxygen atoms in total. The average molecular weight is 479 g/mol. The maximum absolute atomic E-state index is 13.0. The standard InChI is InChI=1S/C27H30N2O6/c30-20-6-9-24(25(31)16-20)29-17-23-22(27(29)32)2-1-3-26(23)35-18-19-4-7-21(8-5-19)34-15-12-28-10-13-33-14-11-28/h1-5,7-8,24H,6,9-18H2. The molecule has 0 N–H and O–H groups in total. The second-order valence-electron chi connectivity index (χ2n) is 9.19. The Hall–Kier alpha value is -3.23. The Morgan fingerprint density at radius 3 is 2.54 bits per heavy atom. The summed E-state index contributed by atoms with van der Waals surface area (Å²) in [4.78, 5) is 40.9. The summed E-state index contributed by atoms with van der Waals surface area (Å²) in [7, 11) is 0. The Kier molecular flexibility index (Phi) is 7.11. The molecular formula is C27H30N2O6. The van der Waals surface area contributed by atoms with E-state index in [1.807, 2.05) is 30.3 Å². The van der Waals surface area contributed by atoms with Crippen molar-refractivity contribution in [3.63, 3.8) is 0 Å². The van der Waals surface area contributed by atoms with Crippen molar-refractivity contribution < 1.29 is 28.6 Å². The number of benzene rings is 2. The van der Waals surface area contributed by atoms with Crippen LogP contribution in [0.5, 0.6) is 11.5 Å². The number of ether oxygens (including phenoxy) is 3. The molecule has 1 aliphatic carbocycles. The third-order valence-corrected chi connectivity index (χ3v) is 6.87. The van der Waals surface area contributed by atoms with Gasteiger partial charge in [0.15, 0.2) is 5.78 Å². The zero-order valence-electron chi connectivity index (χ0n) is 19.7. The van der Waals surface area contributed by atoms with Gasteiger partial charge >= 0.3 is 0 Å². The Morgan fingerprint density at radius 1 is 0.971 bits per heavy atom. The molecule has 2 aromatic rings. The van der Waals surface area contributed by atoms with Crippen molar-refractivity contribution >= 4 is 17.5 Å². The molecule has 35 heavy (non-hydrogen) atoms. The number of amides is 1. The molecule has 1 saturated carbocycles. The van der Waals surface area contributed by atoms with Crippen LogP contribution >= 0.6 is 0 Å². The van der Waals surface area contributed by atoms with Gasteiger partial charge in [0.2, 0.25) is 0 Å². The smallest absolute Gasteiger partial charge is 0.255 e. The lowest BCUT2D eigenvalue weighted by atomic mass is 9.92. The van der Waals surface area contributed by atoms with Gasteiger partial charge < -0.3 is 19.1 Å². The van der Waals surface area contributed by atoms with Crippen molar-refractivity contribution in [1.82, 2.24) is 9.80 Å². The number of carbonyl (C=O) groups is 3. The van der Waals surface area contributed by atoms with Crippen LogP contribution in [0.3, 0.4) is 0 Å². The lowest BCUT2D eigenvalue weighted by Crippen LogP contribution is -2.44. The van der Waals surface area contributed by atoms with E-state index in [-0.39, 0.29) is 23.9 Å². The molecule has 1 saturated heterocycles. The molecule has 0 bridgehead atoms. The zero-order chi connectivity index (χ0) is 24.2. The van der Waals surface area contributed by atoms with Gasteiger partial charge in [-0.2, -0.15) is 0 Å². The molecule has 1 unspecified atom stereocenters. The largest absolute Gasteiger partial charge is 0.492 e. The first-order valence-electron chi connectivity index (χ1n) is 12.2. The number of fused-ring (bicyclic) bond motifs is 1. The molecule has 2 aromatic carbocycles. The van der Waals surface area contributed by atoms with Crippen LogP contribution in [0.1, 0.15) is 40.7 Å². The Balaban J connectivity index is 1.16. The molecule has 5 rings (SSSR count). The van der Waals surface area contributed by atoms with Crippen molar-refractivity contribution in [3.05, 3.63) is 59.2 Å². The van der Waals surface area contributed by atoms with Crippen LogP contribution in [-0.4, -0.2) is 72.8 Å². The van der Waals surface area contributed by atoms with Gasteiger partial charge in [-0.1, -0.05) is 18.2 Å². The highest BCUT2D eigenvalue weighted by Crippen LogP contribution is 2.34. The third kappa shape index (κ3) is 5.39. The van der Waals surface area contributed by atoms with Gasteiger partial charge in [0.1, 0.15) is 30.5 Å². The summed E-state index contributed by atoms with van der Waals surface area (Å²) in [5.74, 6) is 1.07. The Bertz CT molecular complexity index is 1090. The van der Waals surface area contributed by atoms with E-state index in [9.17, 15) is 14.4 Å². The highest BCUT2D eigenvalue weighted by Gasteiger charge is 2.39. The summed E-state index contributed by atoms with van der Waals surface area (Å²) >= 11 is 0. The topological polar surface area (TPSA) is 85.4 Å². The van der Waals surface area contributed by atoms with E-state index < -0.39 is 6.04 Å². The first-order valence-corrected chi connectivity index (χ1v) is 12.2. The number of Topliss-reactive ketones (excluding diaryl/α,β-unsaturated/α-hetero) is 2. The van der Waals surface area contributed by atoms with Crippen LogP contribution in [0.4, 0.5) is 0 Å². The van der Waals surface area contributed by atoms with Gasteiger partial charge in [-0.05, 0) is 36.2 Å². The Morgan fingerprint density at radius 2 is 1.77 bits per heavy atom. The number of morpholine rings is 1. The van der Waals surface area contributed by atoms with Crippen LogP contribution in [0.15, 0.2) is 42.5 Å². The molecule has 8 heteroatoms. The highest BCUT2D eigenvalue weighted by molar-refractivity contribution is 6.07. The fourth-order valence-corrected chi connectivity index (χ4v) is 4.86. The second kappa shape index (κ2) is 10.6. The van der Waals surface area contributed by atoms with Gasteiger partial charge in [0.25, 0.3) is 5.91 Å². The molecule has 1 atom stereocenters. The molecule has 3 aliphatic rings. The van der Waals surface area contributed by atoms with E-state index in [0.717, 1.165) is 49.7 Å². The zero-order valence-corrected chi connectivity index (χ0v) is 19.7. The number of ketones is 2. The monoisotopic (exact) mass is 478 g/mol. The minimum absolute atomic E-state index is 0.0482. The summed E-state index contributed by atoms with van der Waals surface area (Å²) in [6.07, 6.45) is 0.655. The van der Waals surface area contributed by atoms with E-state index >= 15 is 0 Å². The van der Waals surface area contributed by atoms with Crippen LogP contribution in [-0.2, 0) is 27.5 Å². The quantitative estimate of drug-likeness (QED) is 0.539. The lowest BCUT2D eigenvalue weighted by molar-refractivity contribution is -0.133. The predicted octanol–water partition coefficient (Wildman–Crippen LogP) is 2.62. The van der Waals surface area contributed by atoms with Crippen molar-refractivity contribution in [1.29, 1.82) is 0 Å². The average Bonchev–Trinajstić information content (AvgIpc) is 3.21. The van der Waals surface area contributed by atoms with Crippen molar-refractivity contribution in [2.45, 2.75) is 38.5 Å². The maximum atomic E-state index is 13.0. The fourth-order valence-electron chi connectivity index (χ4n) is 4.86. The Labute approximate surface area is 204 Å². The first-order chi connectivity index (χ1) is 17.1. The first kappa shape index (κ1) is 23.5. The van der Waals surface area contributed by atoms with Crippen molar-refractivity contribution in [2.75, 3.05) is 39.5 Å². The van der Waals surface area contributed by atoms with Gasteiger partial charge in [-0.25, -0.2) is 0 Å². The second-order valence-corrected chi connectivity index (χ2v) is 9.19. The van der Waals surface area contributed by atoms with Crippen LogP contribution in [0, 0.1) is 0 Å². The van der Waals surface area contributed by atoms with E-state index in [2.05, 4.69) is 4.90 Å². The van der Waals surface area contributed by atoms with Gasteiger partial charge in [0.05, 0.1) is 32.2 Å². The SMILES string of the molecule is O=C1CCC(N2Cc3c(OCc4ccc(OCCN5CCOCC5)cc4)cccc3C2=O)C(=O)C1. The summed E-state index contributed by atoms with van der Waals surface area (Å²) in [6, 6.07) is 12.7. The minimum Gasteiger partial charge on any atom is -0.492 e. The van der Waals surface area contributed by atoms with Gasteiger partial charge in [0, 0.05) is 37.2 Å². The third-order valence-electron chi connectivity index (χ3n) is 6.87. The summed E-state index contributed by atoms with van der Waals surface area (Å²) in [6.45, 7) is 5.66. The molecule has 0 radical (unpaired) electrons. The maximum Gasteiger partial charge on any atom is 0.255 e. The summed E-state index contributed by atoms with van der Waals surface area (Å²) < 4.78 is 17.3. The van der Waals surface area contributed by atoms with Crippen LogP contribution < -0.4 is 9.47 Å². The number of carbonyl (C=O) groups excluding carboxylic acids is 3. The summed E-state index contributed by atoms with van der Waals surface area (Å²) in [5, 5.41) is 0. The number of rotatable bonds is 8. The molecule has 184 valence electrons. The van der Waals surface area contributed by atoms with Crippen LogP contribution in [0.25, 0.3) is 0 Å². The summed E-state index contributed by atoms with van der Waals surface area (Å²) in [5.41, 5.74) is 2.35. The van der Waals surface area contributed by atoms with Crippen LogP contribution in [0.2, 0.25) is 0 Å². The number of hydrogen-bond donors (Lipinski definition) is 0. The highest BCUT2D eigenvalue weighted by atomic mass is 16.5. The van der Waals surface area contributed by atoms with Crippen molar-refractivity contribution in [2.24, 2.45) is 0 Å². The molecule has 2 fully saturated rings. The molecule has 1 amide bonds. The molecule has 0 spiro atoms. The fraction of sp³-hybridized carbons (Fsp3) is 0.444. The molecule has 2 aliphatic heterocycles. The minimum atomic E-state index is -0.531. The predicted molar refractivity (Wildman–Crippen MR) is 127 cm³/mol.